The van der Waals surface area contributed by atoms with Crippen LogP contribution in [0.4, 0.5) is 0 Å². The maximum absolute atomic E-state index is 5.77. The highest BCUT2D eigenvalue weighted by Gasteiger charge is 2.22. The molecule has 1 heterocycles. The molecule has 1 aliphatic rings. The highest BCUT2D eigenvalue weighted by molar-refractivity contribution is 14.1. The highest BCUT2D eigenvalue weighted by Crippen LogP contribution is 2.18. The summed E-state index contributed by atoms with van der Waals surface area (Å²) in [5.41, 5.74) is 0. The second-order valence-electron chi connectivity index (χ2n) is 4.56. The first-order valence-corrected chi connectivity index (χ1v) is 7.10. The first-order valence-electron chi connectivity index (χ1n) is 5.58. The zero-order valence-corrected chi connectivity index (χ0v) is 11.6. The van der Waals surface area contributed by atoms with Gasteiger partial charge in [-0.05, 0) is 25.7 Å². The quantitative estimate of drug-likeness (QED) is 0.622. The molecule has 1 rings (SSSR count). The van der Waals surface area contributed by atoms with E-state index in [0.29, 0.717) is 24.2 Å². The summed E-state index contributed by atoms with van der Waals surface area (Å²) in [5.74, 6) is 0.714. The van der Waals surface area contributed by atoms with Gasteiger partial charge in [0, 0.05) is 17.0 Å². The van der Waals surface area contributed by atoms with Crippen molar-refractivity contribution in [1.82, 2.24) is 5.32 Å². The minimum Gasteiger partial charge on any atom is -0.374 e. The molecule has 1 N–H and O–H groups in total. The Balaban J connectivity index is 2.18. The number of ether oxygens (including phenoxy) is 1. The fourth-order valence-electron chi connectivity index (χ4n) is 1.79. The number of alkyl halides is 1. The summed E-state index contributed by atoms with van der Waals surface area (Å²) >= 11 is 2.45. The van der Waals surface area contributed by atoms with E-state index in [-0.39, 0.29) is 0 Å². The summed E-state index contributed by atoms with van der Waals surface area (Å²) in [6, 6.07) is 0.634. The van der Waals surface area contributed by atoms with Crippen molar-refractivity contribution in [3.8, 4) is 0 Å². The topological polar surface area (TPSA) is 21.3 Å². The summed E-state index contributed by atoms with van der Waals surface area (Å²) < 4.78 is 6.95. The van der Waals surface area contributed by atoms with Gasteiger partial charge < -0.3 is 10.1 Å². The molecule has 0 radical (unpaired) electrons. The van der Waals surface area contributed by atoms with E-state index in [2.05, 4.69) is 48.7 Å². The average molecular weight is 311 g/mol. The molecule has 1 saturated heterocycles. The Kier molecular flexibility index (Phi) is 5.71. The molecule has 0 bridgehead atoms. The van der Waals surface area contributed by atoms with Crippen LogP contribution in [0.2, 0.25) is 0 Å². The van der Waals surface area contributed by atoms with Crippen LogP contribution in [-0.4, -0.2) is 29.2 Å². The van der Waals surface area contributed by atoms with Gasteiger partial charge in [0.2, 0.25) is 0 Å². The predicted molar refractivity (Wildman–Crippen MR) is 69.1 cm³/mol. The fourth-order valence-corrected chi connectivity index (χ4v) is 3.12. The van der Waals surface area contributed by atoms with Crippen LogP contribution in [0.15, 0.2) is 0 Å². The normalized spacial score (nSPS) is 29.8. The van der Waals surface area contributed by atoms with Gasteiger partial charge in [0.1, 0.15) is 0 Å². The third kappa shape index (κ3) is 4.03. The average Bonchev–Trinajstić information content (AvgIpc) is 2.52. The van der Waals surface area contributed by atoms with E-state index in [1.807, 2.05) is 0 Å². The van der Waals surface area contributed by atoms with Crippen molar-refractivity contribution in [1.29, 1.82) is 0 Å². The van der Waals surface area contributed by atoms with Crippen LogP contribution < -0.4 is 5.32 Å². The third-order valence-electron chi connectivity index (χ3n) is 2.90. The van der Waals surface area contributed by atoms with Crippen molar-refractivity contribution in [2.24, 2.45) is 5.92 Å². The molecule has 3 heteroatoms. The summed E-state index contributed by atoms with van der Waals surface area (Å²) in [6.45, 7) is 7.73. The molecule has 0 amide bonds. The minimum absolute atomic E-state index is 0.453. The fraction of sp³-hybridized carbons (Fsp3) is 1.00. The van der Waals surface area contributed by atoms with Crippen molar-refractivity contribution >= 4 is 22.6 Å². The van der Waals surface area contributed by atoms with Crippen LogP contribution in [-0.2, 0) is 4.74 Å². The number of halogens is 1. The molecule has 0 aromatic rings. The molecule has 0 saturated carbocycles. The van der Waals surface area contributed by atoms with Crippen molar-refractivity contribution in [3.63, 3.8) is 0 Å². The predicted octanol–water partition coefficient (Wildman–Crippen LogP) is 2.60. The molecule has 3 unspecified atom stereocenters. The maximum Gasteiger partial charge on any atom is 0.0704 e. The SMILES string of the molecule is CC1CCC(CNC(CI)C(C)C)O1. The van der Waals surface area contributed by atoms with Crippen molar-refractivity contribution in [3.05, 3.63) is 0 Å². The van der Waals surface area contributed by atoms with Gasteiger partial charge in [0.25, 0.3) is 0 Å². The van der Waals surface area contributed by atoms with Crippen LogP contribution in [0, 0.1) is 5.92 Å². The van der Waals surface area contributed by atoms with Gasteiger partial charge in [-0.25, -0.2) is 0 Å². The Morgan fingerprint density at radius 2 is 2.14 bits per heavy atom. The minimum atomic E-state index is 0.453. The number of hydrogen-bond acceptors (Lipinski definition) is 2. The monoisotopic (exact) mass is 311 g/mol. The second kappa shape index (κ2) is 6.28. The standard InChI is InChI=1S/C11H22INO/c1-8(2)11(6-12)13-7-10-5-4-9(3)14-10/h8-11,13H,4-7H2,1-3H3. The summed E-state index contributed by atoms with van der Waals surface area (Å²) in [4.78, 5) is 0. The lowest BCUT2D eigenvalue weighted by molar-refractivity contribution is 0.0539. The molecule has 0 spiro atoms. The molecule has 2 nitrogen and oxygen atoms in total. The van der Waals surface area contributed by atoms with E-state index in [4.69, 9.17) is 4.74 Å². The van der Waals surface area contributed by atoms with E-state index < -0.39 is 0 Å². The smallest absolute Gasteiger partial charge is 0.0704 e. The molecule has 3 atom stereocenters. The number of hydrogen-bond donors (Lipinski definition) is 1. The van der Waals surface area contributed by atoms with E-state index in [0.717, 1.165) is 6.54 Å². The molecule has 1 aliphatic heterocycles. The van der Waals surface area contributed by atoms with Crippen LogP contribution in [0.25, 0.3) is 0 Å². The lowest BCUT2D eigenvalue weighted by atomic mass is 10.1. The summed E-state index contributed by atoms with van der Waals surface area (Å²) in [5, 5.41) is 3.60. The zero-order chi connectivity index (χ0) is 10.6. The van der Waals surface area contributed by atoms with Crippen LogP contribution in [0.1, 0.15) is 33.6 Å². The maximum atomic E-state index is 5.77. The molecule has 0 aromatic heterocycles. The molecular weight excluding hydrogens is 289 g/mol. The summed E-state index contributed by atoms with van der Waals surface area (Å²) in [6.07, 6.45) is 3.37. The van der Waals surface area contributed by atoms with Gasteiger partial charge >= 0.3 is 0 Å². The lowest BCUT2D eigenvalue weighted by Gasteiger charge is -2.22. The molecular formula is C11H22INO. The van der Waals surface area contributed by atoms with Crippen LogP contribution in [0.5, 0.6) is 0 Å². The van der Waals surface area contributed by atoms with Gasteiger partial charge in [0.15, 0.2) is 0 Å². The van der Waals surface area contributed by atoms with Crippen LogP contribution in [0.3, 0.4) is 0 Å². The van der Waals surface area contributed by atoms with Gasteiger partial charge in [-0.2, -0.15) is 0 Å². The molecule has 14 heavy (non-hydrogen) atoms. The second-order valence-corrected chi connectivity index (χ2v) is 5.44. The van der Waals surface area contributed by atoms with E-state index in [1.165, 1.54) is 17.3 Å². The van der Waals surface area contributed by atoms with Crippen molar-refractivity contribution in [2.45, 2.75) is 51.9 Å². The largest absolute Gasteiger partial charge is 0.374 e. The first-order chi connectivity index (χ1) is 6.63. The summed E-state index contributed by atoms with van der Waals surface area (Å²) in [7, 11) is 0. The number of rotatable bonds is 5. The first kappa shape index (κ1) is 12.7. The Hall–Kier alpha value is 0.650. The Bertz CT molecular complexity index is 163. The van der Waals surface area contributed by atoms with E-state index in [9.17, 15) is 0 Å². The van der Waals surface area contributed by atoms with Gasteiger partial charge in [0.05, 0.1) is 12.2 Å². The molecule has 0 aliphatic carbocycles. The van der Waals surface area contributed by atoms with Crippen LogP contribution >= 0.6 is 22.6 Å². The molecule has 84 valence electrons. The van der Waals surface area contributed by atoms with E-state index >= 15 is 0 Å². The van der Waals surface area contributed by atoms with Gasteiger partial charge in [-0.3, -0.25) is 0 Å². The Labute approximate surface area is 101 Å². The third-order valence-corrected chi connectivity index (χ3v) is 3.85. The Morgan fingerprint density at radius 1 is 1.43 bits per heavy atom. The van der Waals surface area contributed by atoms with E-state index in [1.54, 1.807) is 0 Å². The molecule has 0 aromatic carbocycles. The zero-order valence-electron chi connectivity index (χ0n) is 9.42. The van der Waals surface area contributed by atoms with Gasteiger partial charge in [-0.1, -0.05) is 36.4 Å². The Morgan fingerprint density at radius 3 is 2.57 bits per heavy atom. The van der Waals surface area contributed by atoms with Crippen molar-refractivity contribution < 1.29 is 4.74 Å². The molecule has 1 fully saturated rings. The lowest BCUT2D eigenvalue weighted by Crippen LogP contribution is -2.40. The number of nitrogens with one attached hydrogen (secondary N) is 1. The van der Waals surface area contributed by atoms with Crippen molar-refractivity contribution in [2.75, 3.05) is 11.0 Å². The van der Waals surface area contributed by atoms with Gasteiger partial charge in [-0.15, -0.1) is 0 Å². The highest BCUT2D eigenvalue weighted by atomic mass is 127.